The van der Waals surface area contributed by atoms with Crippen molar-refractivity contribution in [2.45, 2.75) is 44.0 Å². The van der Waals surface area contributed by atoms with Gasteiger partial charge in [0.05, 0.1) is 7.11 Å². The molecule has 4 nitrogen and oxygen atoms in total. The Hall–Kier alpha value is -1.36. The number of ether oxygens (including phenoxy) is 2. The highest BCUT2D eigenvalue weighted by Gasteiger charge is 2.17. The zero-order chi connectivity index (χ0) is 15.8. The average Bonchev–Trinajstić information content (AvgIpc) is 3.05. The third-order valence-corrected chi connectivity index (χ3v) is 5.18. The molecule has 0 bridgehead atoms. The van der Waals surface area contributed by atoms with Gasteiger partial charge in [0, 0.05) is 17.5 Å². The number of rotatable bonds is 8. The normalized spacial score (nSPS) is 16.3. The van der Waals surface area contributed by atoms with Crippen LogP contribution in [0.25, 0.3) is 0 Å². The van der Waals surface area contributed by atoms with Gasteiger partial charge in [0.25, 0.3) is 5.91 Å². The molecule has 1 amide bonds. The molecule has 1 aliphatic carbocycles. The summed E-state index contributed by atoms with van der Waals surface area (Å²) in [6.07, 6.45) is 4.83. The molecule has 1 aromatic rings. The Bertz CT molecular complexity index is 475. The Morgan fingerprint density at radius 3 is 2.68 bits per heavy atom. The quantitative estimate of drug-likeness (QED) is 0.746. The van der Waals surface area contributed by atoms with Gasteiger partial charge in [-0.05, 0) is 31.9 Å². The molecule has 0 spiro atoms. The fourth-order valence-corrected chi connectivity index (χ4v) is 3.78. The van der Waals surface area contributed by atoms with E-state index in [9.17, 15) is 4.79 Å². The molecule has 0 saturated heterocycles. The lowest BCUT2D eigenvalue weighted by Crippen LogP contribution is -2.37. The standard InChI is InChI=1S/C17H25NO3S/c1-13(21-16-10-6-5-9-15(16)20-2)17(19)18-11-12-22-14-7-3-4-8-14/h5-6,9-10,13-14H,3-4,7-8,11-12H2,1-2H3,(H,18,19). The molecule has 0 aromatic heterocycles. The van der Waals surface area contributed by atoms with Crippen LogP contribution in [0.2, 0.25) is 0 Å². The molecule has 5 heteroatoms. The number of nitrogens with one attached hydrogen (secondary N) is 1. The van der Waals surface area contributed by atoms with Gasteiger partial charge in [-0.15, -0.1) is 0 Å². The zero-order valence-corrected chi connectivity index (χ0v) is 14.2. The number of para-hydroxylation sites is 2. The summed E-state index contributed by atoms with van der Waals surface area (Å²) < 4.78 is 10.9. The first-order valence-electron chi connectivity index (χ1n) is 7.89. The highest BCUT2D eigenvalue weighted by molar-refractivity contribution is 7.99. The van der Waals surface area contributed by atoms with Gasteiger partial charge in [0.1, 0.15) is 0 Å². The molecule has 1 N–H and O–H groups in total. The molecule has 1 unspecified atom stereocenters. The number of amides is 1. The van der Waals surface area contributed by atoms with Gasteiger partial charge in [-0.2, -0.15) is 11.8 Å². The largest absolute Gasteiger partial charge is 0.493 e. The molecule has 2 rings (SSSR count). The molecule has 1 aliphatic rings. The SMILES string of the molecule is COc1ccccc1OC(C)C(=O)NCCSC1CCCC1. The van der Waals surface area contributed by atoms with E-state index in [4.69, 9.17) is 9.47 Å². The summed E-state index contributed by atoms with van der Waals surface area (Å²) in [4.78, 5) is 12.1. The summed E-state index contributed by atoms with van der Waals surface area (Å²) in [6.45, 7) is 2.45. The third-order valence-electron chi connectivity index (χ3n) is 3.80. The number of methoxy groups -OCH3 is 1. The van der Waals surface area contributed by atoms with Gasteiger partial charge in [0.15, 0.2) is 17.6 Å². The van der Waals surface area contributed by atoms with Crippen molar-refractivity contribution < 1.29 is 14.3 Å². The highest BCUT2D eigenvalue weighted by atomic mass is 32.2. The van der Waals surface area contributed by atoms with Crippen LogP contribution in [-0.2, 0) is 4.79 Å². The molecule has 0 radical (unpaired) electrons. The molecular weight excluding hydrogens is 298 g/mol. The molecule has 1 saturated carbocycles. The first-order chi connectivity index (χ1) is 10.7. The second-order valence-corrected chi connectivity index (χ2v) is 6.89. The van der Waals surface area contributed by atoms with Crippen LogP contribution in [0.4, 0.5) is 0 Å². The van der Waals surface area contributed by atoms with E-state index in [2.05, 4.69) is 5.32 Å². The maximum absolute atomic E-state index is 12.1. The van der Waals surface area contributed by atoms with Gasteiger partial charge in [-0.25, -0.2) is 0 Å². The summed E-state index contributed by atoms with van der Waals surface area (Å²) in [5.41, 5.74) is 0. The number of hydrogen-bond acceptors (Lipinski definition) is 4. The van der Waals surface area contributed by atoms with Gasteiger partial charge < -0.3 is 14.8 Å². The van der Waals surface area contributed by atoms with Crippen LogP contribution in [0.15, 0.2) is 24.3 Å². The first-order valence-corrected chi connectivity index (χ1v) is 8.94. The summed E-state index contributed by atoms with van der Waals surface area (Å²) in [6, 6.07) is 7.36. The summed E-state index contributed by atoms with van der Waals surface area (Å²) in [7, 11) is 1.59. The van der Waals surface area contributed by atoms with E-state index < -0.39 is 6.10 Å². The third kappa shape index (κ3) is 5.13. The number of benzene rings is 1. The molecule has 22 heavy (non-hydrogen) atoms. The van der Waals surface area contributed by atoms with Gasteiger partial charge in [-0.1, -0.05) is 25.0 Å². The van der Waals surface area contributed by atoms with Crippen molar-refractivity contribution in [2.75, 3.05) is 19.4 Å². The van der Waals surface area contributed by atoms with Crippen molar-refractivity contribution in [1.29, 1.82) is 0 Å². The van der Waals surface area contributed by atoms with Crippen molar-refractivity contribution in [3.05, 3.63) is 24.3 Å². The molecule has 1 atom stereocenters. The smallest absolute Gasteiger partial charge is 0.260 e. The molecule has 1 aromatic carbocycles. The summed E-state index contributed by atoms with van der Waals surface area (Å²) >= 11 is 1.97. The Morgan fingerprint density at radius 1 is 1.32 bits per heavy atom. The fourth-order valence-electron chi connectivity index (χ4n) is 2.56. The van der Waals surface area contributed by atoms with E-state index in [0.717, 1.165) is 11.0 Å². The van der Waals surface area contributed by atoms with Gasteiger partial charge >= 0.3 is 0 Å². The van der Waals surface area contributed by atoms with Crippen molar-refractivity contribution >= 4 is 17.7 Å². The minimum atomic E-state index is -0.534. The van der Waals surface area contributed by atoms with Gasteiger partial charge in [-0.3, -0.25) is 4.79 Å². The molecule has 1 fully saturated rings. The lowest BCUT2D eigenvalue weighted by atomic mass is 10.3. The van der Waals surface area contributed by atoms with E-state index in [1.165, 1.54) is 25.7 Å². The Labute approximate surface area is 137 Å². The van der Waals surface area contributed by atoms with Crippen LogP contribution in [0.1, 0.15) is 32.6 Å². The maximum atomic E-state index is 12.1. The fraction of sp³-hybridized carbons (Fsp3) is 0.588. The van der Waals surface area contributed by atoms with E-state index in [1.807, 2.05) is 30.0 Å². The number of thioether (sulfide) groups is 1. The van der Waals surface area contributed by atoms with Crippen molar-refractivity contribution in [3.63, 3.8) is 0 Å². The Balaban J connectivity index is 1.70. The summed E-state index contributed by atoms with van der Waals surface area (Å²) in [5.74, 6) is 2.11. The molecule has 122 valence electrons. The second kappa shape index (κ2) is 8.93. The predicted octanol–water partition coefficient (Wildman–Crippen LogP) is 3.25. The number of carbonyl (C=O) groups is 1. The minimum Gasteiger partial charge on any atom is -0.493 e. The predicted molar refractivity (Wildman–Crippen MR) is 90.8 cm³/mol. The van der Waals surface area contributed by atoms with E-state index in [1.54, 1.807) is 20.1 Å². The zero-order valence-electron chi connectivity index (χ0n) is 13.3. The number of carbonyl (C=O) groups excluding carboxylic acids is 1. The van der Waals surface area contributed by atoms with E-state index >= 15 is 0 Å². The summed E-state index contributed by atoms with van der Waals surface area (Å²) in [5, 5.41) is 3.73. The minimum absolute atomic E-state index is 0.0853. The van der Waals surface area contributed by atoms with Crippen molar-refractivity contribution in [1.82, 2.24) is 5.32 Å². The van der Waals surface area contributed by atoms with Crippen LogP contribution in [0.3, 0.4) is 0 Å². The molecular formula is C17H25NO3S. The van der Waals surface area contributed by atoms with Crippen LogP contribution in [0.5, 0.6) is 11.5 Å². The maximum Gasteiger partial charge on any atom is 0.260 e. The lowest BCUT2D eigenvalue weighted by Gasteiger charge is -2.17. The highest BCUT2D eigenvalue weighted by Crippen LogP contribution is 2.29. The van der Waals surface area contributed by atoms with Crippen LogP contribution < -0.4 is 14.8 Å². The van der Waals surface area contributed by atoms with Crippen LogP contribution in [0, 0.1) is 0 Å². The molecule has 0 aliphatic heterocycles. The van der Waals surface area contributed by atoms with Crippen molar-refractivity contribution in [3.8, 4) is 11.5 Å². The molecule has 0 heterocycles. The Morgan fingerprint density at radius 2 is 2.00 bits per heavy atom. The van der Waals surface area contributed by atoms with Gasteiger partial charge in [0.2, 0.25) is 0 Å². The van der Waals surface area contributed by atoms with E-state index in [0.29, 0.717) is 18.0 Å². The number of hydrogen-bond donors (Lipinski definition) is 1. The monoisotopic (exact) mass is 323 g/mol. The van der Waals surface area contributed by atoms with Crippen LogP contribution in [-0.4, -0.2) is 36.7 Å². The lowest BCUT2D eigenvalue weighted by molar-refractivity contribution is -0.127. The first kappa shape index (κ1) is 17.0. The topological polar surface area (TPSA) is 47.6 Å². The van der Waals surface area contributed by atoms with E-state index in [-0.39, 0.29) is 5.91 Å². The van der Waals surface area contributed by atoms with Crippen LogP contribution >= 0.6 is 11.8 Å². The second-order valence-electron chi connectivity index (χ2n) is 5.48. The Kier molecular flexibility index (Phi) is 6.90. The average molecular weight is 323 g/mol. The van der Waals surface area contributed by atoms with Crippen molar-refractivity contribution in [2.24, 2.45) is 0 Å².